The Morgan fingerprint density at radius 1 is 0.781 bits per heavy atom. The maximum atomic E-state index is 14.1. The summed E-state index contributed by atoms with van der Waals surface area (Å²) in [6.07, 6.45) is 7.93. The Bertz CT molecular complexity index is 1140. The van der Waals surface area contributed by atoms with Gasteiger partial charge in [-0.3, -0.25) is 4.90 Å². The van der Waals surface area contributed by atoms with E-state index in [0.29, 0.717) is 0 Å². The van der Waals surface area contributed by atoms with Gasteiger partial charge in [-0.25, -0.2) is 14.3 Å². The van der Waals surface area contributed by atoms with Crippen LogP contribution in [-0.2, 0) is 12.8 Å². The van der Waals surface area contributed by atoms with Gasteiger partial charge in [-0.2, -0.15) is 0 Å². The summed E-state index contributed by atoms with van der Waals surface area (Å²) in [6, 6.07) is 24.3. The van der Waals surface area contributed by atoms with Gasteiger partial charge in [0.05, 0.1) is 22.4 Å². The molecule has 0 N–H and O–H groups in total. The third-order valence-corrected chi connectivity index (χ3v) is 5.92. The Balaban J connectivity index is 1.88. The fraction of sp³-hybridized carbons (Fsp3) is 0.286. The lowest BCUT2D eigenvalue weighted by molar-refractivity contribution is 0.250. The van der Waals surface area contributed by atoms with E-state index in [9.17, 15) is 4.79 Å². The largest absolute Gasteiger partial charge is 0.339 e. The normalized spacial score (nSPS) is 11.1. The maximum Gasteiger partial charge on any atom is 0.339 e. The molecule has 0 atom stereocenters. The van der Waals surface area contributed by atoms with E-state index in [4.69, 9.17) is 0 Å². The van der Waals surface area contributed by atoms with E-state index in [-0.39, 0.29) is 6.03 Å². The maximum absolute atomic E-state index is 14.1. The predicted molar refractivity (Wildman–Crippen MR) is 133 cm³/mol. The zero-order chi connectivity index (χ0) is 22.3. The van der Waals surface area contributed by atoms with E-state index >= 15 is 0 Å². The molecular formula is C28H31N3O. The smallest absolute Gasteiger partial charge is 0.262 e. The number of imidazole rings is 1. The first-order valence-electron chi connectivity index (χ1n) is 11.7. The lowest BCUT2D eigenvalue weighted by atomic mass is 10.0. The monoisotopic (exact) mass is 425 g/mol. The third-order valence-electron chi connectivity index (χ3n) is 5.92. The fourth-order valence-electron chi connectivity index (χ4n) is 4.17. The Morgan fingerprint density at radius 3 is 1.91 bits per heavy atom. The minimum Gasteiger partial charge on any atom is -0.262 e. The van der Waals surface area contributed by atoms with Gasteiger partial charge in [-0.1, -0.05) is 75.2 Å². The number of para-hydroxylation sites is 4. The molecule has 0 saturated heterocycles. The molecule has 3 aromatic carbocycles. The van der Waals surface area contributed by atoms with Crippen LogP contribution >= 0.6 is 0 Å². The highest BCUT2D eigenvalue weighted by Gasteiger charge is 2.25. The van der Waals surface area contributed by atoms with Crippen molar-refractivity contribution in [1.82, 2.24) is 9.55 Å². The van der Waals surface area contributed by atoms with Crippen LogP contribution in [0.4, 0.5) is 16.2 Å². The number of aromatic nitrogens is 2. The molecule has 4 heteroatoms. The molecular weight excluding hydrogens is 394 g/mol. The molecule has 1 amide bonds. The number of carbonyl (C=O) groups excluding carboxylic acids is 1. The zero-order valence-corrected chi connectivity index (χ0v) is 19.0. The summed E-state index contributed by atoms with van der Waals surface area (Å²) in [5.74, 6) is 0. The molecule has 4 aromatic rings. The van der Waals surface area contributed by atoms with Gasteiger partial charge in [0.2, 0.25) is 0 Å². The molecule has 0 aliphatic rings. The van der Waals surface area contributed by atoms with Crippen molar-refractivity contribution in [2.24, 2.45) is 0 Å². The third kappa shape index (κ3) is 4.45. The minimum absolute atomic E-state index is 0.105. The number of aryl methyl sites for hydroxylation is 2. The number of unbranched alkanes of at least 4 members (excludes halogenated alkanes) is 2. The molecule has 4 nitrogen and oxygen atoms in total. The number of benzene rings is 3. The van der Waals surface area contributed by atoms with E-state index in [1.165, 1.54) is 11.1 Å². The molecule has 1 aromatic heterocycles. The summed E-state index contributed by atoms with van der Waals surface area (Å²) in [5.41, 5.74) is 5.93. The van der Waals surface area contributed by atoms with E-state index in [0.717, 1.165) is 60.9 Å². The van der Waals surface area contributed by atoms with Crippen molar-refractivity contribution in [1.29, 1.82) is 0 Å². The fourth-order valence-corrected chi connectivity index (χ4v) is 4.17. The molecule has 0 spiro atoms. The Kier molecular flexibility index (Phi) is 7.00. The Labute approximate surface area is 190 Å². The summed E-state index contributed by atoms with van der Waals surface area (Å²) < 4.78 is 1.67. The average Bonchev–Trinajstić information content (AvgIpc) is 3.27. The molecule has 0 fully saturated rings. The number of carbonyl (C=O) groups is 1. The second kappa shape index (κ2) is 10.3. The number of nitrogens with zero attached hydrogens (tertiary/aromatic N) is 3. The van der Waals surface area contributed by atoms with Crippen LogP contribution in [0.5, 0.6) is 0 Å². The standard InChI is InChI=1S/C28H31N3O/c1-3-5-13-22-15-7-10-18-25(22)31(26-19-11-8-16-23(26)14-6-4-2)28(32)30-21-29-24-17-9-12-20-27(24)30/h7-12,15-21H,3-6,13-14H2,1-2H3. The highest BCUT2D eigenvalue weighted by Crippen LogP contribution is 2.34. The van der Waals surface area contributed by atoms with Gasteiger partial charge in [0, 0.05) is 0 Å². The number of fused-ring (bicyclic) bond motifs is 1. The molecule has 0 saturated carbocycles. The van der Waals surface area contributed by atoms with Crippen LogP contribution in [0.15, 0.2) is 79.1 Å². The Hall–Kier alpha value is -3.40. The van der Waals surface area contributed by atoms with Crippen LogP contribution in [0.1, 0.15) is 50.7 Å². The number of anilines is 2. The van der Waals surface area contributed by atoms with Gasteiger partial charge >= 0.3 is 6.03 Å². The minimum atomic E-state index is -0.105. The second-order valence-electron chi connectivity index (χ2n) is 8.19. The molecule has 0 aliphatic heterocycles. The van der Waals surface area contributed by atoms with Crippen LogP contribution in [-0.4, -0.2) is 15.6 Å². The van der Waals surface area contributed by atoms with Gasteiger partial charge < -0.3 is 0 Å². The second-order valence-corrected chi connectivity index (χ2v) is 8.19. The van der Waals surface area contributed by atoms with Gasteiger partial charge in [0.1, 0.15) is 6.33 Å². The van der Waals surface area contributed by atoms with Crippen molar-refractivity contribution >= 4 is 28.4 Å². The lowest BCUT2D eigenvalue weighted by Crippen LogP contribution is -2.31. The predicted octanol–water partition coefficient (Wildman–Crippen LogP) is 7.53. The van der Waals surface area contributed by atoms with E-state index < -0.39 is 0 Å². The molecule has 4 rings (SSSR count). The Morgan fingerprint density at radius 2 is 1.31 bits per heavy atom. The van der Waals surface area contributed by atoms with E-state index in [2.05, 4.69) is 55.2 Å². The summed E-state index contributed by atoms with van der Waals surface area (Å²) in [4.78, 5) is 20.5. The lowest BCUT2D eigenvalue weighted by Gasteiger charge is -2.28. The van der Waals surface area contributed by atoms with Gasteiger partial charge in [0.15, 0.2) is 0 Å². The van der Waals surface area contributed by atoms with E-state index in [1.807, 2.05) is 41.3 Å². The molecule has 32 heavy (non-hydrogen) atoms. The molecule has 0 bridgehead atoms. The first kappa shape index (κ1) is 21.8. The van der Waals surface area contributed by atoms with Crippen LogP contribution in [0.25, 0.3) is 11.0 Å². The van der Waals surface area contributed by atoms with Crippen LogP contribution in [0.2, 0.25) is 0 Å². The van der Waals surface area contributed by atoms with Crippen LogP contribution in [0, 0.1) is 0 Å². The summed E-state index contributed by atoms with van der Waals surface area (Å²) in [6.45, 7) is 4.40. The van der Waals surface area contributed by atoms with Crippen molar-refractivity contribution in [2.75, 3.05) is 4.90 Å². The number of hydrogen-bond acceptors (Lipinski definition) is 2. The molecule has 1 heterocycles. The molecule has 0 radical (unpaired) electrons. The SMILES string of the molecule is CCCCc1ccccc1N(C(=O)n1cnc2ccccc21)c1ccccc1CCCC. The first-order valence-corrected chi connectivity index (χ1v) is 11.7. The van der Waals surface area contributed by atoms with Gasteiger partial charge in [-0.15, -0.1) is 0 Å². The van der Waals surface area contributed by atoms with Crippen LogP contribution < -0.4 is 4.90 Å². The van der Waals surface area contributed by atoms with Crippen molar-refractivity contribution in [3.05, 3.63) is 90.3 Å². The van der Waals surface area contributed by atoms with Crippen molar-refractivity contribution < 1.29 is 4.79 Å². The van der Waals surface area contributed by atoms with Crippen LogP contribution in [0.3, 0.4) is 0 Å². The molecule has 0 aliphatic carbocycles. The highest BCUT2D eigenvalue weighted by molar-refractivity contribution is 6.05. The zero-order valence-electron chi connectivity index (χ0n) is 19.0. The van der Waals surface area contributed by atoms with Gasteiger partial charge in [-0.05, 0) is 61.1 Å². The first-order chi connectivity index (χ1) is 15.7. The summed E-state index contributed by atoms with van der Waals surface area (Å²) in [7, 11) is 0. The molecule has 0 unspecified atom stereocenters. The van der Waals surface area contributed by atoms with Crippen molar-refractivity contribution in [3.63, 3.8) is 0 Å². The number of amides is 1. The summed E-state index contributed by atoms with van der Waals surface area (Å²) in [5, 5.41) is 0. The average molecular weight is 426 g/mol. The highest BCUT2D eigenvalue weighted by atomic mass is 16.2. The van der Waals surface area contributed by atoms with Crippen molar-refractivity contribution in [3.8, 4) is 0 Å². The topological polar surface area (TPSA) is 38.1 Å². The van der Waals surface area contributed by atoms with Gasteiger partial charge in [0.25, 0.3) is 0 Å². The van der Waals surface area contributed by atoms with Crippen molar-refractivity contribution in [2.45, 2.75) is 52.4 Å². The number of rotatable bonds is 8. The summed E-state index contributed by atoms with van der Waals surface area (Å²) >= 11 is 0. The quantitative estimate of drug-likeness (QED) is 0.293. The van der Waals surface area contributed by atoms with E-state index in [1.54, 1.807) is 10.9 Å². The number of hydrogen-bond donors (Lipinski definition) is 0. The molecule has 164 valence electrons.